The molecule has 0 rings (SSSR count). The lowest BCUT2D eigenvalue weighted by atomic mass is 10.00. The number of carbonyl (C=O) groups is 1. The van der Waals surface area contributed by atoms with Crippen LogP contribution in [0.5, 0.6) is 0 Å². The molecule has 0 fully saturated rings. The van der Waals surface area contributed by atoms with Crippen molar-refractivity contribution in [2.24, 2.45) is 0 Å². The number of nitrogens with one attached hydrogen (secondary N) is 1. The molecule has 0 aliphatic heterocycles. The van der Waals surface area contributed by atoms with E-state index >= 15 is 0 Å². The number of aliphatic hydroxyl groups is 4. The van der Waals surface area contributed by atoms with E-state index in [0.717, 1.165) is 38.5 Å². The van der Waals surface area contributed by atoms with E-state index < -0.39 is 36.9 Å². The van der Waals surface area contributed by atoms with Crippen molar-refractivity contribution in [3.63, 3.8) is 0 Å². The van der Waals surface area contributed by atoms with Gasteiger partial charge in [-0.15, -0.1) is 0 Å². The number of hydrogen-bond donors (Lipinski definition) is 5. The Morgan fingerprint density at radius 2 is 1.21 bits per heavy atom. The molecule has 0 aromatic rings. The third-order valence-electron chi connectivity index (χ3n) is 5.32. The van der Waals surface area contributed by atoms with Crippen LogP contribution in [0.2, 0.25) is 0 Å². The summed E-state index contributed by atoms with van der Waals surface area (Å²) in [5, 5.41) is 42.1. The van der Waals surface area contributed by atoms with E-state index in [0.29, 0.717) is 12.8 Å². The summed E-state index contributed by atoms with van der Waals surface area (Å²) in [4.78, 5) is 12.1. The van der Waals surface area contributed by atoms with E-state index in [1.807, 2.05) is 0 Å². The Balaban J connectivity index is 3.99. The van der Waals surface area contributed by atoms with Gasteiger partial charge in [-0.1, -0.05) is 90.9 Å². The van der Waals surface area contributed by atoms with Gasteiger partial charge in [-0.25, -0.2) is 0 Å². The van der Waals surface area contributed by atoms with Crippen LogP contribution in [0.3, 0.4) is 0 Å². The Kier molecular flexibility index (Phi) is 17.9. The maximum absolute atomic E-state index is 12.1. The second kappa shape index (κ2) is 18.3. The standard InChI is InChI=1S/C22H45NO5/c1-3-5-7-8-9-10-11-12-14-16-20(26)22(28)23-18(17-24)21(27)19(25)15-13-6-4-2/h18-21,24-27H,3-17H2,1-2H3,(H,23,28). The summed E-state index contributed by atoms with van der Waals surface area (Å²) < 4.78 is 0. The first-order valence-electron chi connectivity index (χ1n) is 11.4. The molecule has 0 heterocycles. The molecule has 0 bridgehead atoms. The van der Waals surface area contributed by atoms with Crippen molar-refractivity contribution in [2.75, 3.05) is 6.61 Å². The van der Waals surface area contributed by atoms with Gasteiger partial charge < -0.3 is 25.7 Å². The molecule has 28 heavy (non-hydrogen) atoms. The zero-order chi connectivity index (χ0) is 21.2. The third-order valence-corrected chi connectivity index (χ3v) is 5.32. The highest BCUT2D eigenvalue weighted by Crippen LogP contribution is 2.13. The summed E-state index contributed by atoms with van der Waals surface area (Å²) in [5.41, 5.74) is 0. The largest absolute Gasteiger partial charge is 0.394 e. The molecule has 6 heteroatoms. The number of hydrogen-bond acceptors (Lipinski definition) is 5. The number of carbonyl (C=O) groups excluding carboxylic acids is 1. The van der Waals surface area contributed by atoms with Gasteiger partial charge in [0.25, 0.3) is 0 Å². The first-order chi connectivity index (χ1) is 13.5. The average Bonchev–Trinajstić information content (AvgIpc) is 2.69. The van der Waals surface area contributed by atoms with Crippen LogP contribution >= 0.6 is 0 Å². The van der Waals surface area contributed by atoms with Crippen LogP contribution in [-0.4, -0.2) is 57.3 Å². The minimum absolute atomic E-state index is 0.370. The molecule has 0 aliphatic rings. The first kappa shape index (κ1) is 27.3. The predicted octanol–water partition coefficient (Wildman–Crippen LogP) is 3.05. The third kappa shape index (κ3) is 13.5. The minimum atomic E-state index is -1.24. The van der Waals surface area contributed by atoms with E-state index in [9.17, 15) is 25.2 Å². The van der Waals surface area contributed by atoms with Crippen molar-refractivity contribution >= 4 is 5.91 Å². The highest BCUT2D eigenvalue weighted by Gasteiger charge is 2.28. The zero-order valence-electron chi connectivity index (χ0n) is 18.1. The maximum Gasteiger partial charge on any atom is 0.249 e. The van der Waals surface area contributed by atoms with Gasteiger partial charge in [0.1, 0.15) is 12.2 Å². The van der Waals surface area contributed by atoms with E-state index in [4.69, 9.17) is 0 Å². The average molecular weight is 404 g/mol. The summed E-state index contributed by atoms with van der Waals surface area (Å²) in [6.45, 7) is 3.78. The number of aliphatic hydroxyl groups excluding tert-OH is 4. The van der Waals surface area contributed by atoms with E-state index in [1.54, 1.807) is 0 Å². The molecule has 0 aliphatic carbocycles. The molecule has 1 amide bonds. The molecule has 0 radical (unpaired) electrons. The van der Waals surface area contributed by atoms with Crippen molar-refractivity contribution in [3.05, 3.63) is 0 Å². The molecular weight excluding hydrogens is 358 g/mol. The molecule has 6 nitrogen and oxygen atoms in total. The highest BCUT2D eigenvalue weighted by atomic mass is 16.3. The van der Waals surface area contributed by atoms with E-state index in [-0.39, 0.29) is 0 Å². The SMILES string of the molecule is CCCCCCCCCCCC(O)C(=O)NC(CO)C(O)C(O)CCCCC. The fourth-order valence-electron chi connectivity index (χ4n) is 3.34. The lowest BCUT2D eigenvalue weighted by Gasteiger charge is -2.27. The van der Waals surface area contributed by atoms with Gasteiger partial charge in [0.15, 0.2) is 0 Å². The van der Waals surface area contributed by atoms with Gasteiger partial charge in [-0.3, -0.25) is 4.79 Å². The topological polar surface area (TPSA) is 110 Å². The summed E-state index contributed by atoms with van der Waals surface area (Å²) in [5.74, 6) is -0.599. The van der Waals surface area contributed by atoms with Crippen molar-refractivity contribution in [1.82, 2.24) is 5.32 Å². The summed E-state index contributed by atoms with van der Waals surface area (Å²) >= 11 is 0. The summed E-state index contributed by atoms with van der Waals surface area (Å²) in [7, 11) is 0. The molecule has 4 atom stereocenters. The van der Waals surface area contributed by atoms with Gasteiger partial charge in [0.2, 0.25) is 5.91 Å². The van der Waals surface area contributed by atoms with Crippen molar-refractivity contribution in [3.8, 4) is 0 Å². The zero-order valence-corrected chi connectivity index (χ0v) is 18.1. The monoisotopic (exact) mass is 403 g/mol. The second-order valence-electron chi connectivity index (χ2n) is 7.98. The van der Waals surface area contributed by atoms with Crippen molar-refractivity contribution in [1.29, 1.82) is 0 Å². The molecule has 0 spiro atoms. The Bertz CT molecular complexity index is 367. The molecule has 0 saturated heterocycles. The second-order valence-corrected chi connectivity index (χ2v) is 7.98. The minimum Gasteiger partial charge on any atom is -0.394 e. The summed E-state index contributed by atoms with van der Waals surface area (Å²) in [6, 6.07) is -0.970. The number of rotatable bonds is 19. The van der Waals surface area contributed by atoms with Gasteiger partial charge in [0, 0.05) is 0 Å². The van der Waals surface area contributed by atoms with Gasteiger partial charge >= 0.3 is 0 Å². The van der Waals surface area contributed by atoms with Crippen LogP contribution in [0.15, 0.2) is 0 Å². The fourth-order valence-corrected chi connectivity index (χ4v) is 3.34. The predicted molar refractivity (Wildman–Crippen MR) is 113 cm³/mol. The van der Waals surface area contributed by atoms with Crippen molar-refractivity contribution < 1.29 is 25.2 Å². The van der Waals surface area contributed by atoms with Gasteiger partial charge in [-0.2, -0.15) is 0 Å². The lowest BCUT2D eigenvalue weighted by molar-refractivity contribution is -0.132. The van der Waals surface area contributed by atoms with Crippen LogP contribution < -0.4 is 5.32 Å². The van der Waals surface area contributed by atoms with Gasteiger partial charge in [0.05, 0.1) is 18.8 Å². The Hall–Kier alpha value is -0.690. The van der Waals surface area contributed by atoms with Crippen molar-refractivity contribution in [2.45, 2.75) is 128 Å². The Morgan fingerprint density at radius 3 is 1.75 bits per heavy atom. The fraction of sp³-hybridized carbons (Fsp3) is 0.955. The van der Waals surface area contributed by atoms with E-state index in [2.05, 4.69) is 19.2 Å². The maximum atomic E-state index is 12.1. The van der Waals surface area contributed by atoms with Crippen LogP contribution in [-0.2, 0) is 4.79 Å². The molecule has 0 aromatic carbocycles. The molecule has 0 saturated carbocycles. The first-order valence-corrected chi connectivity index (χ1v) is 11.4. The van der Waals surface area contributed by atoms with Crippen LogP contribution in [0.25, 0.3) is 0 Å². The van der Waals surface area contributed by atoms with Crippen LogP contribution in [0.1, 0.15) is 104 Å². The van der Waals surface area contributed by atoms with Crippen LogP contribution in [0, 0.1) is 0 Å². The normalized spacial score (nSPS) is 15.8. The van der Waals surface area contributed by atoms with Gasteiger partial charge in [-0.05, 0) is 12.8 Å². The Morgan fingerprint density at radius 1 is 0.750 bits per heavy atom. The van der Waals surface area contributed by atoms with Crippen LogP contribution in [0.4, 0.5) is 0 Å². The highest BCUT2D eigenvalue weighted by molar-refractivity contribution is 5.80. The van der Waals surface area contributed by atoms with E-state index in [1.165, 1.54) is 38.5 Å². The smallest absolute Gasteiger partial charge is 0.249 e. The molecule has 0 aromatic heterocycles. The summed E-state index contributed by atoms with van der Waals surface area (Å²) in [6.07, 6.45) is 10.6. The molecule has 5 N–H and O–H groups in total. The molecule has 168 valence electrons. The molecular formula is C22H45NO5. The lowest BCUT2D eigenvalue weighted by Crippen LogP contribution is -2.53. The number of unbranched alkanes of at least 4 members (excludes halogenated alkanes) is 10. The quantitative estimate of drug-likeness (QED) is 0.213. The Labute approximate surface area is 171 Å². The number of amides is 1. The molecule has 4 unspecified atom stereocenters.